The number of pyridine rings is 1. The highest BCUT2D eigenvalue weighted by Crippen LogP contribution is 2.23. The Kier molecular flexibility index (Phi) is 5.50. The molecule has 1 aliphatic rings. The van der Waals surface area contributed by atoms with Crippen LogP contribution in [0, 0.1) is 6.92 Å². The average Bonchev–Trinajstić information content (AvgIpc) is 3.02. The van der Waals surface area contributed by atoms with Gasteiger partial charge >= 0.3 is 0 Å². The Bertz CT molecular complexity index is 698. The van der Waals surface area contributed by atoms with Crippen molar-refractivity contribution in [2.75, 3.05) is 32.8 Å². The Morgan fingerprint density at radius 3 is 2.83 bits per heavy atom. The molecule has 2 aromatic rings. The molecule has 3 rings (SSSR count). The van der Waals surface area contributed by atoms with Gasteiger partial charge in [0.15, 0.2) is 0 Å². The third-order valence-electron chi connectivity index (χ3n) is 3.99. The number of hydrogen-bond donors (Lipinski definition) is 1. The topological polar surface area (TPSA) is 67.6 Å². The fraction of sp³-hybridized carbons (Fsp3) is 0.412. The maximum atomic E-state index is 12.3. The number of carbonyl (C=O) groups excluding carboxylic acids is 1. The van der Waals surface area contributed by atoms with E-state index in [9.17, 15) is 4.79 Å². The van der Waals surface area contributed by atoms with E-state index in [2.05, 4.69) is 15.2 Å². The Balaban J connectivity index is 1.70. The second kappa shape index (κ2) is 7.79. The summed E-state index contributed by atoms with van der Waals surface area (Å²) in [5, 5.41) is 3.42. The molecule has 6 nitrogen and oxygen atoms in total. The molecule has 0 bridgehead atoms. The zero-order chi connectivity index (χ0) is 16.9. The fourth-order valence-electron chi connectivity index (χ4n) is 2.74. The molecule has 1 fully saturated rings. The molecule has 7 heteroatoms. The van der Waals surface area contributed by atoms with Crippen molar-refractivity contribution in [2.45, 2.75) is 13.0 Å². The number of amides is 1. The van der Waals surface area contributed by atoms with Crippen molar-refractivity contribution in [3.05, 3.63) is 52.7 Å². The van der Waals surface area contributed by atoms with Crippen molar-refractivity contribution in [1.82, 2.24) is 15.2 Å². The molecular formula is C17H20ClN3O3. The Morgan fingerprint density at radius 2 is 2.17 bits per heavy atom. The molecule has 2 aromatic heterocycles. The van der Waals surface area contributed by atoms with Crippen molar-refractivity contribution < 1.29 is 13.9 Å². The van der Waals surface area contributed by atoms with Crippen LogP contribution in [0.3, 0.4) is 0 Å². The second-order valence-corrected chi connectivity index (χ2v) is 6.12. The lowest BCUT2D eigenvalue weighted by Crippen LogP contribution is -2.43. The van der Waals surface area contributed by atoms with Crippen LogP contribution in [0.5, 0.6) is 0 Å². The van der Waals surface area contributed by atoms with Crippen LogP contribution >= 0.6 is 11.6 Å². The monoisotopic (exact) mass is 349 g/mol. The first-order valence-corrected chi connectivity index (χ1v) is 8.29. The molecule has 0 spiro atoms. The van der Waals surface area contributed by atoms with E-state index in [0.29, 0.717) is 30.5 Å². The minimum Gasteiger partial charge on any atom is -0.465 e. The number of ether oxygens (including phenoxy) is 1. The standard InChI is InChI=1S/C17H20ClN3O3/c1-12-2-3-16(24-12)15(21-6-8-23-9-7-21)11-20-17(22)14-10-13(18)4-5-19-14/h2-5,10,15H,6-9,11H2,1H3,(H,20,22). The Morgan fingerprint density at radius 1 is 1.38 bits per heavy atom. The van der Waals surface area contributed by atoms with Crippen LogP contribution in [0.4, 0.5) is 0 Å². The molecule has 3 heterocycles. The zero-order valence-electron chi connectivity index (χ0n) is 13.5. The molecule has 0 aromatic carbocycles. The van der Waals surface area contributed by atoms with E-state index in [4.69, 9.17) is 20.8 Å². The van der Waals surface area contributed by atoms with E-state index in [1.54, 1.807) is 12.1 Å². The van der Waals surface area contributed by atoms with Gasteiger partial charge in [-0.2, -0.15) is 0 Å². The first-order valence-electron chi connectivity index (χ1n) is 7.91. The van der Waals surface area contributed by atoms with Gasteiger partial charge in [0.2, 0.25) is 0 Å². The quantitative estimate of drug-likeness (QED) is 0.898. The normalized spacial score (nSPS) is 16.8. The lowest BCUT2D eigenvalue weighted by molar-refractivity contribution is 0.0117. The fourth-order valence-corrected chi connectivity index (χ4v) is 2.90. The largest absolute Gasteiger partial charge is 0.465 e. The van der Waals surface area contributed by atoms with Crippen LogP contribution in [0.2, 0.25) is 5.02 Å². The maximum absolute atomic E-state index is 12.3. The smallest absolute Gasteiger partial charge is 0.269 e. The summed E-state index contributed by atoms with van der Waals surface area (Å²) in [7, 11) is 0. The maximum Gasteiger partial charge on any atom is 0.269 e. The van der Waals surface area contributed by atoms with E-state index in [-0.39, 0.29) is 11.9 Å². The van der Waals surface area contributed by atoms with Crippen LogP contribution in [0.15, 0.2) is 34.9 Å². The van der Waals surface area contributed by atoms with Gasteiger partial charge in [-0.3, -0.25) is 14.7 Å². The van der Waals surface area contributed by atoms with Crippen molar-refractivity contribution in [1.29, 1.82) is 0 Å². The van der Waals surface area contributed by atoms with Gasteiger partial charge in [0.05, 0.1) is 19.3 Å². The molecule has 24 heavy (non-hydrogen) atoms. The van der Waals surface area contributed by atoms with Crippen LogP contribution in [0.25, 0.3) is 0 Å². The van der Waals surface area contributed by atoms with Gasteiger partial charge in [-0.05, 0) is 31.2 Å². The van der Waals surface area contributed by atoms with Crippen molar-refractivity contribution >= 4 is 17.5 Å². The van der Waals surface area contributed by atoms with Crippen LogP contribution < -0.4 is 5.32 Å². The van der Waals surface area contributed by atoms with Gasteiger partial charge in [0.1, 0.15) is 17.2 Å². The van der Waals surface area contributed by atoms with Crippen molar-refractivity contribution in [3.63, 3.8) is 0 Å². The van der Waals surface area contributed by atoms with Crippen molar-refractivity contribution in [3.8, 4) is 0 Å². The number of carbonyl (C=O) groups is 1. The first-order chi connectivity index (χ1) is 11.6. The molecule has 1 N–H and O–H groups in total. The molecule has 1 aliphatic heterocycles. The minimum atomic E-state index is -0.251. The van der Waals surface area contributed by atoms with E-state index < -0.39 is 0 Å². The number of nitrogens with zero attached hydrogens (tertiary/aromatic N) is 2. The van der Waals surface area contributed by atoms with Gasteiger partial charge in [-0.25, -0.2) is 0 Å². The number of hydrogen-bond acceptors (Lipinski definition) is 5. The summed E-state index contributed by atoms with van der Waals surface area (Å²) in [5.41, 5.74) is 0.304. The molecule has 0 aliphatic carbocycles. The first kappa shape index (κ1) is 17.0. The molecule has 1 amide bonds. The summed E-state index contributed by atoms with van der Waals surface area (Å²) < 4.78 is 11.2. The number of morpholine rings is 1. The van der Waals surface area contributed by atoms with E-state index in [0.717, 1.165) is 24.6 Å². The molecular weight excluding hydrogens is 330 g/mol. The summed E-state index contributed by atoms with van der Waals surface area (Å²) in [6, 6.07) is 7.05. The number of rotatable bonds is 5. The lowest BCUT2D eigenvalue weighted by Gasteiger charge is -2.33. The Hall–Kier alpha value is -1.89. The zero-order valence-corrected chi connectivity index (χ0v) is 14.3. The summed E-state index contributed by atoms with van der Waals surface area (Å²) in [6.07, 6.45) is 1.52. The van der Waals surface area contributed by atoms with Gasteiger partial charge < -0.3 is 14.5 Å². The molecule has 1 atom stereocenters. The summed E-state index contributed by atoms with van der Waals surface area (Å²) in [5.74, 6) is 1.44. The third-order valence-corrected chi connectivity index (χ3v) is 4.22. The van der Waals surface area contributed by atoms with Crippen LogP contribution in [-0.2, 0) is 4.74 Å². The van der Waals surface area contributed by atoms with Gasteiger partial charge in [0.25, 0.3) is 5.91 Å². The number of aryl methyl sites for hydroxylation is 1. The number of aromatic nitrogens is 1. The SMILES string of the molecule is Cc1ccc(C(CNC(=O)c2cc(Cl)ccn2)N2CCOCC2)o1. The van der Waals surface area contributed by atoms with E-state index >= 15 is 0 Å². The average molecular weight is 350 g/mol. The molecule has 1 unspecified atom stereocenters. The Labute approximate surface area is 145 Å². The predicted molar refractivity (Wildman–Crippen MR) is 90.2 cm³/mol. The highest BCUT2D eigenvalue weighted by molar-refractivity contribution is 6.30. The van der Waals surface area contributed by atoms with Gasteiger partial charge in [0, 0.05) is 30.9 Å². The molecule has 1 saturated heterocycles. The van der Waals surface area contributed by atoms with Gasteiger partial charge in [-0.15, -0.1) is 0 Å². The molecule has 0 radical (unpaired) electrons. The predicted octanol–water partition coefficient (Wildman–Crippen LogP) is 2.44. The van der Waals surface area contributed by atoms with Crippen molar-refractivity contribution in [2.24, 2.45) is 0 Å². The lowest BCUT2D eigenvalue weighted by atomic mass is 10.1. The second-order valence-electron chi connectivity index (χ2n) is 5.68. The third kappa shape index (κ3) is 4.14. The highest BCUT2D eigenvalue weighted by Gasteiger charge is 2.26. The summed E-state index contributed by atoms with van der Waals surface area (Å²) in [6.45, 7) is 5.31. The van der Waals surface area contributed by atoms with Crippen LogP contribution in [0.1, 0.15) is 28.1 Å². The van der Waals surface area contributed by atoms with Crippen LogP contribution in [-0.4, -0.2) is 48.6 Å². The highest BCUT2D eigenvalue weighted by atomic mass is 35.5. The minimum absolute atomic E-state index is 0.0364. The number of furan rings is 1. The van der Waals surface area contributed by atoms with E-state index in [1.165, 1.54) is 6.20 Å². The molecule has 128 valence electrons. The number of nitrogens with one attached hydrogen (secondary N) is 1. The number of halogens is 1. The molecule has 0 saturated carbocycles. The summed E-state index contributed by atoms with van der Waals surface area (Å²) >= 11 is 5.91. The van der Waals surface area contributed by atoms with Gasteiger partial charge in [-0.1, -0.05) is 11.6 Å². The van der Waals surface area contributed by atoms with E-state index in [1.807, 2.05) is 19.1 Å². The summed E-state index contributed by atoms with van der Waals surface area (Å²) in [4.78, 5) is 18.6.